The van der Waals surface area contributed by atoms with Gasteiger partial charge in [0, 0.05) is 44.4 Å². The van der Waals surface area contributed by atoms with E-state index in [0.717, 1.165) is 61.2 Å². The number of carbonyl (C=O) groups excluding carboxylic acids is 1. The molecule has 3 heterocycles. The smallest absolute Gasteiger partial charge is 0.282 e. The average molecular weight is 427 g/mol. The lowest BCUT2D eigenvalue weighted by Crippen LogP contribution is -2.22. The van der Waals surface area contributed by atoms with Crippen LogP contribution in [-0.2, 0) is 16.3 Å². The molecule has 160 valence electrons. The Morgan fingerprint density at radius 1 is 1.17 bits per heavy atom. The minimum atomic E-state index is -1.13. The van der Waals surface area contributed by atoms with Crippen molar-refractivity contribution in [3.63, 3.8) is 0 Å². The van der Waals surface area contributed by atoms with Crippen molar-refractivity contribution >= 4 is 36.3 Å². The number of nitrogens with zero attached hydrogens (tertiary/aromatic N) is 4. The van der Waals surface area contributed by atoms with E-state index in [-0.39, 0.29) is 17.5 Å². The summed E-state index contributed by atoms with van der Waals surface area (Å²) in [7, 11) is -1.13. The number of hydrogen-bond donors (Lipinski definition) is 0. The van der Waals surface area contributed by atoms with E-state index in [4.69, 9.17) is 4.74 Å². The molecule has 0 bridgehead atoms. The predicted molar refractivity (Wildman–Crippen MR) is 120 cm³/mol. The monoisotopic (exact) mass is 426 g/mol. The fraction of sp³-hybridized carbons (Fsp3) is 0.545. The molecule has 1 saturated carbocycles. The molecule has 0 saturated heterocycles. The molecule has 3 aromatic rings. The summed E-state index contributed by atoms with van der Waals surface area (Å²) in [6.07, 6.45) is 9.92. The molecule has 4 rings (SSSR count). The first-order valence-corrected chi connectivity index (χ1v) is 14.5. The molecular formula is C22H30N4O3Si. The molecule has 8 heteroatoms. The van der Waals surface area contributed by atoms with Gasteiger partial charge in [-0.3, -0.25) is 4.79 Å². The lowest BCUT2D eigenvalue weighted by molar-refractivity contribution is -0.112. The number of aromatic nitrogens is 4. The Hall–Kier alpha value is -2.32. The third-order valence-electron chi connectivity index (χ3n) is 6.10. The highest BCUT2D eigenvalue weighted by atomic mass is 28.3. The molecule has 1 aliphatic rings. The molecular weight excluding hydrogens is 396 g/mol. The Labute approximate surface area is 177 Å². The zero-order valence-electron chi connectivity index (χ0n) is 18.0. The van der Waals surface area contributed by atoms with Crippen LogP contribution >= 0.6 is 0 Å². The summed E-state index contributed by atoms with van der Waals surface area (Å²) in [6, 6.07) is 3.37. The zero-order valence-corrected chi connectivity index (χ0v) is 19.0. The van der Waals surface area contributed by atoms with E-state index in [0.29, 0.717) is 12.1 Å². The topological polar surface area (TPSA) is 79.0 Å². The van der Waals surface area contributed by atoms with Crippen LogP contribution in [0.1, 0.15) is 31.7 Å². The lowest BCUT2D eigenvalue weighted by Gasteiger charge is -2.28. The molecule has 0 aliphatic heterocycles. The summed E-state index contributed by atoms with van der Waals surface area (Å²) in [5.41, 5.74) is 1.45. The Bertz CT molecular complexity index is 1110. The zero-order chi connectivity index (χ0) is 21.3. The quantitative estimate of drug-likeness (QED) is 0.324. The fourth-order valence-electron chi connectivity index (χ4n) is 4.24. The van der Waals surface area contributed by atoms with Crippen molar-refractivity contribution in [1.29, 1.82) is 0 Å². The first-order chi connectivity index (χ1) is 14.4. The van der Waals surface area contributed by atoms with Gasteiger partial charge >= 0.3 is 0 Å². The van der Waals surface area contributed by atoms with Crippen LogP contribution in [0.4, 0.5) is 0 Å². The van der Waals surface area contributed by atoms with Crippen molar-refractivity contribution in [1.82, 2.24) is 19.1 Å². The van der Waals surface area contributed by atoms with Crippen molar-refractivity contribution in [2.45, 2.75) is 64.1 Å². The third-order valence-corrected chi connectivity index (χ3v) is 7.81. The van der Waals surface area contributed by atoms with Gasteiger partial charge in [0.25, 0.3) is 5.56 Å². The molecule has 1 fully saturated rings. The summed E-state index contributed by atoms with van der Waals surface area (Å²) in [5, 5.41) is 1.48. The predicted octanol–water partition coefficient (Wildman–Crippen LogP) is 3.99. The van der Waals surface area contributed by atoms with Gasteiger partial charge in [-0.05, 0) is 37.8 Å². The van der Waals surface area contributed by atoms with Crippen molar-refractivity contribution in [2.24, 2.45) is 5.92 Å². The summed E-state index contributed by atoms with van der Waals surface area (Å²) in [4.78, 5) is 32.2. The van der Waals surface area contributed by atoms with E-state index in [1.807, 2.05) is 16.8 Å². The van der Waals surface area contributed by atoms with Gasteiger partial charge < -0.3 is 18.7 Å². The number of fused-ring (bicyclic) bond motifs is 3. The molecule has 0 unspecified atom stereocenters. The molecule has 0 aromatic carbocycles. The van der Waals surface area contributed by atoms with Crippen LogP contribution in [0, 0.1) is 5.92 Å². The maximum absolute atomic E-state index is 12.4. The second-order valence-electron chi connectivity index (χ2n) is 9.55. The standard InChI is InChI=1S/C22H30N4O3Si/c1-30(2,3)11-10-29-15-25-9-8-18-20-19(12-23-21(18)25)22(28)24-14-26(20)17-6-4-16(13-27)5-7-17/h8-9,12-14,16-17H,4-7,10-11,15H2,1-3H3/t16-,17-. The van der Waals surface area contributed by atoms with Crippen molar-refractivity contribution < 1.29 is 9.53 Å². The van der Waals surface area contributed by atoms with Crippen LogP contribution in [0.3, 0.4) is 0 Å². The van der Waals surface area contributed by atoms with E-state index < -0.39 is 8.07 Å². The van der Waals surface area contributed by atoms with Gasteiger partial charge in [0.2, 0.25) is 0 Å². The van der Waals surface area contributed by atoms with Crippen molar-refractivity contribution in [3.8, 4) is 0 Å². The van der Waals surface area contributed by atoms with Crippen LogP contribution in [0.2, 0.25) is 25.7 Å². The largest absolute Gasteiger partial charge is 0.361 e. The molecule has 0 amide bonds. The minimum absolute atomic E-state index is 0.149. The van der Waals surface area contributed by atoms with Crippen LogP contribution in [-0.4, -0.2) is 40.1 Å². The highest BCUT2D eigenvalue weighted by molar-refractivity contribution is 6.76. The van der Waals surface area contributed by atoms with Crippen LogP contribution in [0.5, 0.6) is 0 Å². The molecule has 0 atom stereocenters. The summed E-state index contributed by atoms with van der Waals surface area (Å²) in [6.45, 7) is 8.21. The van der Waals surface area contributed by atoms with Gasteiger partial charge in [-0.2, -0.15) is 4.98 Å². The summed E-state index contributed by atoms with van der Waals surface area (Å²) < 4.78 is 10.0. The maximum atomic E-state index is 12.4. The van der Waals surface area contributed by atoms with Crippen LogP contribution in [0.25, 0.3) is 21.9 Å². The Balaban J connectivity index is 1.67. The first-order valence-electron chi connectivity index (χ1n) is 10.7. The molecule has 1 aliphatic carbocycles. The number of carbonyl (C=O) groups is 1. The summed E-state index contributed by atoms with van der Waals surface area (Å²) >= 11 is 0. The highest BCUT2D eigenvalue weighted by Gasteiger charge is 2.24. The van der Waals surface area contributed by atoms with Gasteiger partial charge in [0.05, 0.1) is 17.2 Å². The molecule has 7 nitrogen and oxygen atoms in total. The molecule has 0 N–H and O–H groups in total. The second kappa shape index (κ2) is 8.43. The van der Waals surface area contributed by atoms with Gasteiger partial charge in [-0.15, -0.1) is 0 Å². The van der Waals surface area contributed by atoms with E-state index in [9.17, 15) is 9.59 Å². The van der Waals surface area contributed by atoms with Crippen LogP contribution in [0.15, 0.2) is 29.6 Å². The van der Waals surface area contributed by atoms with Gasteiger partial charge in [-0.1, -0.05) is 19.6 Å². The third kappa shape index (κ3) is 4.25. The van der Waals surface area contributed by atoms with Gasteiger partial charge in [-0.25, -0.2) is 4.98 Å². The van der Waals surface area contributed by atoms with Crippen molar-refractivity contribution in [3.05, 3.63) is 35.1 Å². The SMILES string of the molecule is C[Si](C)(C)CCOCn1ccc2c1ncc1c(=O)ncn([C@H]3CC[C@H](C=O)CC3)c12. The van der Waals surface area contributed by atoms with E-state index in [1.54, 1.807) is 12.5 Å². The Morgan fingerprint density at radius 3 is 2.63 bits per heavy atom. The average Bonchev–Trinajstić information content (AvgIpc) is 3.14. The maximum Gasteiger partial charge on any atom is 0.282 e. The lowest BCUT2D eigenvalue weighted by atomic mass is 9.87. The molecule has 0 radical (unpaired) electrons. The van der Waals surface area contributed by atoms with Crippen molar-refractivity contribution in [2.75, 3.05) is 6.61 Å². The second-order valence-corrected chi connectivity index (χ2v) is 15.2. The van der Waals surface area contributed by atoms with Crippen LogP contribution < -0.4 is 5.56 Å². The Morgan fingerprint density at radius 2 is 1.93 bits per heavy atom. The van der Waals surface area contributed by atoms with Gasteiger partial charge in [0.1, 0.15) is 18.7 Å². The number of rotatable bonds is 7. The first kappa shape index (κ1) is 20.9. The van der Waals surface area contributed by atoms with Gasteiger partial charge in [0.15, 0.2) is 0 Å². The number of pyridine rings is 1. The van der Waals surface area contributed by atoms with E-state index in [1.165, 1.54) is 0 Å². The molecule has 0 spiro atoms. The Kier molecular flexibility index (Phi) is 5.88. The molecule has 30 heavy (non-hydrogen) atoms. The molecule has 3 aromatic heterocycles. The fourth-order valence-corrected chi connectivity index (χ4v) is 5.00. The van der Waals surface area contributed by atoms with E-state index >= 15 is 0 Å². The number of aldehydes is 1. The summed E-state index contributed by atoms with van der Waals surface area (Å²) in [5.74, 6) is 0.149. The number of hydrogen-bond acceptors (Lipinski definition) is 5. The highest BCUT2D eigenvalue weighted by Crippen LogP contribution is 2.34. The normalized spacial score (nSPS) is 20.1. The number of ether oxygens (including phenoxy) is 1. The minimum Gasteiger partial charge on any atom is -0.361 e. The van der Waals surface area contributed by atoms with E-state index in [2.05, 4.69) is 34.2 Å².